The highest BCUT2D eigenvalue weighted by molar-refractivity contribution is 6.00. The molecule has 1 aromatic carbocycles. The summed E-state index contributed by atoms with van der Waals surface area (Å²) in [6.45, 7) is 2.01. The van der Waals surface area contributed by atoms with Crippen molar-refractivity contribution in [2.75, 3.05) is 13.1 Å². The van der Waals surface area contributed by atoms with Crippen molar-refractivity contribution in [3.05, 3.63) is 34.2 Å². The lowest BCUT2D eigenvalue weighted by molar-refractivity contribution is -0.135. The molecule has 4 rings (SSSR count). The standard InChI is InChI=1S/C18H22N4O3/c1-21-15-9-11(12-3-2-8-19-10-12)4-5-13(15)22(18(21)25)14-6-7-16(23)20-17(14)24/h4-5,9,12,14,19H,2-3,6-8,10H2,1H3,(H,20,23,24). The van der Waals surface area contributed by atoms with Gasteiger partial charge in [0.1, 0.15) is 6.04 Å². The van der Waals surface area contributed by atoms with E-state index in [1.807, 2.05) is 6.07 Å². The molecular weight excluding hydrogens is 320 g/mol. The third-order valence-electron chi connectivity index (χ3n) is 5.40. The van der Waals surface area contributed by atoms with Gasteiger partial charge in [0.2, 0.25) is 11.8 Å². The van der Waals surface area contributed by atoms with Crippen molar-refractivity contribution in [2.45, 2.75) is 37.6 Å². The number of amides is 2. The van der Waals surface area contributed by atoms with Gasteiger partial charge in [0, 0.05) is 20.0 Å². The average molecular weight is 342 g/mol. The topological polar surface area (TPSA) is 85.1 Å². The quantitative estimate of drug-likeness (QED) is 0.790. The maximum Gasteiger partial charge on any atom is 0.329 e. The Kier molecular flexibility index (Phi) is 3.95. The number of aromatic nitrogens is 2. The molecule has 2 fully saturated rings. The van der Waals surface area contributed by atoms with E-state index in [-0.39, 0.29) is 18.0 Å². The molecule has 0 bridgehead atoms. The van der Waals surface area contributed by atoms with E-state index in [1.54, 1.807) is 11.6 Å². The highest BCUT2D eigenvalue weighted by Crippen LogP contribution is 2.28. The molecule has 2 unspecified atom stereocenters. The second kappa shape index (κ2) is 6.15. The van der Waals surface area contributed by atoms with Gasteiger partial charge in [-0.2, -0.15) is 0 Å². The van der Waals surface area contributed by atoms with E-state index < -0.39 is 11.9 Å². The predicted octanol–water partition coefficient (Wildman–Crippen LogP) is 0.785. The minimum atomic E-state index is -0.629. The van der Waals surface area contributed by atoms with E-state index in [4.69, 9.17) is 0 Å². The van der Waals surface area contributed by atoms with Gasteiger partial charge >= 0.3 is 5.69 Å². The van der Waals surface area contributed by atoms with Crippen LogP contribution in [0.5, 0.6) is 0 Å². The molecule has 7 heteroatoms. The molecule has 2 aromatic rings. The summed E-state index contributed by atoms with van der Waals surface area (Å²) in [7, 11) is 1.73. The van der Waals surface area contributed by atoms with Gasteiger partial charge in [0.15, 0.2) is 0 Å². The van der Waals surface area contributed by atoms with Gasteiger partial charge in [-0.1, -0.05) is 6.07 Å². The first-order valence-corrected chi connectivity index (χ1v) is 8.81. The van der Waals surface area contributed by atoms with Crippen molar-refractivity contribution in [1.82, 2.24) is 19.8 Å². The van der Waals surface area contributed by atoms with E-state index in [2.05, 4.69) is 22.8 Å². The van der Waals surface area contributed by atoms with E-state index in [1.165, 1.54) is 10.1 Å². The lowest BCUT2D eigenvalue weighted by Gasteiger charge is -2.24. The molecule has 0 radical (unpaired) electrons. The lowest BCUT2D eigenvalue weighted by Crippen LogP contribution is -2.44. The Morgan fingerprint density at radius 1 is 1.12 bits per heavy atom. The normalized spacial score (nSPS) is 24.5. The zero-order valence-corrected chi connectivity index (χ0v) is 14.2. The van der Waals surface area contributed by atoms with Crippen molar-refractivity contribution < 1.29 is 9.59 Å². The zero-order chi connectivity index (χ0) is 17.6. The second-order valence-electron chi connectivity index (χ2n) is 6.97. The van der Waals surface area contributed by atoms with Gasteiger partial charge in [-0.25, -0.2) is 4.79 Å². The fraction of sp³-hybridized carbons (Fsp3) is 0.500. The summed E-state index contributed by atoms with van der Waals surface area (Å²) in [6, 6.07) is 5.43. The molecule has 2 amide bonds. The first-order chi connectivity index (χ1) is 12.1. The predicted molar refractivity (Wildman–Crippen MR) is 93.4 cm³/mol. The monoisotopic (exact) mass is 342 g/mol. The highest BCUT2D eigenvalue weighted by Gasteiger charge is 2.31. The molecule has 2 aliphatic rings. The van der Waals surface area contributed by atoms with Gasteiger partial charge in [-0.15, -0.1) is 0 Å². The number of fused-ring (bicyclic) bond motifs is 1. The number of hydrogen-bond donors (Lipinski definition) is 2. The SMILES string of the molecule is Cn1c(=O)n(C2CCC(=O)NC2=O)c2ccc(C3CCCNC3)cc21. The van der Waals surface area contributed by atoms with Crippen LogP contribution < -0.4 is 16.3 Å². The number of benzene rings is 1. The number of nitrogens with zero attached hydrogens (tertiary/aromatic N) is 2. The van der Waals surface area contributed by atoms with Crippen molar-refractivity contribution in [3.63, 3.8) is 0 Å². The molecule has 3 heterocycles. The van der Waals surface area contributed by atoms with E-state index in [0.29, 0.717) is 12.3 Å². The summed E-state index contributed by atoms with van der Waals surface area (Å²) in [6.07, 6.45) is 2.91. The Labute approximate surface area is 145 Å². The molecule has 2 aliphatic heterocycles. The van der Waals surface area contributed by atoms with Crippen LogP contribution in [0.2, 0.25) is 0 Å². The van der Waals surface area contributed by atoms with Crippen LogP contribution in [0.15, 0.2) is 23.0 Å². The minimum Gasteiger partial charge on any atom is -0.316 e. The maximum atomic E-state index is 12.8. The van der Waals surface area contributed by atoms with Crippen LogP contribution in [-0.2, 0) is 16.6 Å². The van der Waals surface area contributed by atoms with Crippen LogP contribution in [0.1, 0.15) is 43.2 Å². The lowest BCUT2D eigenvalue weighted by atomic mass is 9.91. The fourth-order valence-electron chi connectivity index (χ4n) is 4.00. The molecule has 0 saturated carbocycles. The highest BCUT2D eigenvalue weighted by atomic mass is 16.2. The molecule has 2 saturated heterocycles. The molecule has 7 nitrogen and oxygen atoms in total. The molecule has 2 N–H and O–H groups in total. The van der Waals surface area contributed by atoms with Crippen molar-refractivity contribution in [3.8, 4) is 0 Å². The van der Waals surface area contributed by atoms with Crippen LogP contribution in [0.25, 0.3) is 11.0 Å². The number of hydrogen-bond acceptors (Lipinski definition) is 4. The summed E-state index contributed by atoms with van der Waals surface area (Å²) in [4.78, 5) is 36.4. The van der Waals surface area contributed by atoms with Gasteiger partial charge in [0.25, 0.3) is 0 Å². The number of nitrogens with one attached hydrogen (secondary N) is 2. The third-order valence-corrected chi connectivity index (χ3v) is 5.40. The molecular formula is C18H22N4O3. The summed E-state index contributed by atoms with van der Waals surface area (Å²) in [5.74, 6) is -0.222. The Morgan fingerprint density at radius 2 is 1.96 bits per heavy atom. The van der Waals surface area contributed by atoms with Gasteiger partial charge in [-0.3, -0.25) is 24.0 Å². The summed E-state index contributed by atoms with van der Waals surface area (Å²) >= 11 is 0. The van der Waals surface area contributed by atoms with E-state index in [9.17, 15) is 14.4 Å². The number of imidazole rings is 1. The summed E-state index contributed by atoms with van der Waals surface area (Å²) in [5, 5.41) is 5.75. The summed E-state index contributed by atoms with van der Waals surface area (Å²) in [5.41, 5.74) is 2.58. The average Bonchev–Trinajstić information content (AvgIpc) is 2.87. The van der Waals surface area contributed by atoms with Crippen LogP contribution in [-0.4, -0.2) is 34.0 Å². The van der Waals surface area contributed by atoms with Crippen LogP contribution in [0.4, 0.5) is 0 Å². The van der Waals surface area contributed by atoms with Crippen LogP contribution >= 0.6 is 0 Å². The Morgan fingerprint density at radius 3 is 2.68 bits per heavy atom. The van der Waals surface area contributed by atoms with Crippen LogP contribution in [0.3, 0.4) is 0 Å². The molecule has 0 aliphatic carbocycles. The number of carbonyl (C=O) groups is 2. The maximum absolute atomic E-state index is 12.8. The zero-order valence-electron chi connectivity index (χ0n) is 14.2. The summed E-state index contributed by atoms with van der Waals surface area (Å²) < 4.78 is 3.12. The first-order valence-electron chi connectivity index (χ1n) is 8.81. The Balaban J connectivity index is 1.78. The first kappa shape index (κ1) is 16.1. The van der Waals surface area contributed by atoms with Crippen molar-refractivity contribution in [2.24, 2.45) is 7.05 Å². The van der Waals surface area contributed by atoms with Gasteiger partial charge in [-0.05, 0) is 49.4 Å². The second-order valence-corrected chi connectivity index (χ2v) is 6.97. The number of aryl methyl sites for hydroxylation is 1. The molecule has 132 valence electrons. The van der Waals surface area contributed by atoms with E-state index >= 15 is 0 Å². The number of carbonyl (C=O) groups excluding carboxylic acids is 2. The fourth-order valence-corrected chi connectivity index (χ4v) is 4.00. The molecule has 0 spiro atoms. The Hall–Kier alpha value is -2.41. The van der Waals surface area contributed by atoms with Crippen molar-refractivity contribution >= 4 is 22.8 Å². The van der Waals surface area contributed by atoms with E-state index in [0.717, 1.165) is 37.0 Å². The Bertz CT molecular complexity index is 905. The number of imide groups is 1. The minimum absolute atomic E-state index is 0.219. The molecule has 1 aromatic heterocycles. The van der Waals surface area contributed by atoms with Crippen molar-refractivity contribution in [1.29, 1.82) is 0 Å². The van der Waals surface area contributed by atoms with Gasteiger partial charge in [0.05, 0.1) is 11.0 Å². The van der Waals surface area contributed by atoms with Crippen LogP contribution in [0, 0.1) is 0 Å². The largest absolute Gasteiger partial charge is 0.329 e. The third kappa shape index (κ3) is 2.68. The van der Waals surface area contributed by atoms with Gasteiger partial charge < -0.3 is 5.32 Å². The number of piperidine rings is 2. The molecule has 25 heavy (non-hydrogen) atoms. The number of rotatable bonds is 2. The smallest absolute Gasteiger partial charge is 0.316 e. The molecule has 2 atom stereocenters.